The van der Waals surface area contributed by atoms with E-state index in [0.717, 1.165) is 47.2 Å². The Balaban J connectivity index is 1.28. The molecule has 34 heavy (non-hydrogen) atoms. The summed E-state index contributed by atoms with van der Waals surface area (Å²) in [7, 11) is 0. The van der Waals surface area contributed by atoms with E-state index in [1.165, 1.54) is 0 Å². The first-order valence-corrected chi connectivity index (χ1v) is 12.3. The molecule has 9 heteroatoms. The molecule has 1 aliphatic rings. The summed E-state index contributed by atoms with van der Waals surface area (Å²) in [6.45, 7) is 1.73. The van der Waals surface area contributed by atoms with Gasteiger partial charge >= 0.3 is 0 Å². The van der Waals surface area contributed by atoms with Crippen LogP contribution in [0.5, 0.6) is 0 Å². The highest BCUT2D eigenvalue weighted by Crippen LogP contribution is 2.24. The van der Waals surface area contributed by atoms with Crippen LogP contribution in [-0.4, -0.2) is 49.3 Å². The number of nitrogens with zero attached hydrogens (tertiary/aromatic N) is 4. The number of carbonyl (C=O) groups excluding carboxylic acids is 1. The van der Waals surface area contributed by atoms with Crippen molar-refractivity contribution in [3.63, 3.8) is 0 Å². The van der Waals surface area contributed by atoms with E-state index in [4.69, 9.17) is 4.74 Å². The number of H-pyrrole nitrogens is 1. The van der Waals surface area contributed by atoms with Crippen LogP contribution in [0.15, 0.2) is 71.9 Å². The topological polar surface area (TPSA) is 97.7 Å². The molecule has 0 spiro atoms. The number of hydrogen-bond donors (Lipinski definition) is 2. The maximum Gasteiger partial charge on any atom is 0.269 e. The molecule has 2 N–H and O–H groups in total. The van der Waals surface area contributed by atoms with Gasteiger partial charge in [0.25, 0.3) is 5.91 Å². The van der Waals surface area contributed by atoms with Crippen molar-refractivity contribution in [2.45, 2.75) is 37.2 Å². The van der Waals surface area contributed by atoms with Gasteiger partial charge in [0.15, 0.2) is 11.0 Å². The zero-order chi connectivity index (χ0) is 23.2. The smallest absolute Gasteiger partial charge is 0.269 e. The monoisotopic (exact) mass is 474 g/mol. The lowest BCUT2D eigenvalue weighted by Gasteiger charge is -2.12. The molecule has 1 aliphatic heterocycles. The molecule has 3 heterocycles. The quantitative estimate of drug-likeness (QED) is 0.357. The third kappa shape index (κ3) is 5.37. The lowest BCUT2D eigenvalue weighted by molar-refractivity contribution is 0.0944. The zero-order valence-corrected chi connectivity index (χ0v) is 19.5. The van der Waals surface area contributed by atoms with Gasteiger partial charge in [0.1, 0.15) is 5.69 Å². The summed E-state index contributed by atoms with van der Waals surface area (Å²) >= 11 is 1.65. The van der Waals surface area contributed by atoms with Crippen LogP contribution in [0.25, 0.3) is 11.3 Å². The number of aromatic nitrogens is 5. The molecule has 8 nitrogen and oxygen atoms in total. The van der Waals surface area contributed by atoms with E-state index in [-0.39, 0.29) is 18.6 Å². The number of rotatable bonds is 9. The fourth-order valence-electron chi connectivity index (χ4n) is 3.87. The van der Waals surface area contributed by atoms with Crippen molar-refractivity contribution in [1.29, 1.82) is 0 Å². The second-order valence-corrected chi connectivity index (χ2v) is 9.12. The Hall–Kier alpha value is -3.43. The average molecular weight is 475 g/mol. The minimum atomic E-state index is -0.238. The van der Waals surface area contributed by atoms with Crippen molar-refractivity contribution in [3.8, 4) is 11.3 Å². The van der Waals surface area contributed by atoms with Crippen LogP contribution < -0.4 is 5.32 Å². The molecule has 5 rings (SSSR count). The molecule has 1 fully saturated rings. The van der Waals surface area contributed by atoms with Crippen LogP contribution in [0.1, 0.15) is 34.7 Å². The number of carbonyl (C=O) groups is 1. The lowest BCUT2D eigenvalue weighted by Crippen LogP contribution is -2.25. The van der Waals surface area contributed by atoms with Gasteiger partial charge in [0.2, 0.25) is 0 Å². The Morgan fingerprint density at radius 1 is 1.12 bits per heavy atom. The molecule has 174 valence electrons. The summed E-state index contributed by atoms with van der Waals surface area (Å²) in [5.41, 5.74) is 3.23. The Labute approximate surface area is 202 Å². The van der Waals surface area contributed by atoms with Crippen LogP contribution >= 0.6 is 11.8 Å². The van der Waals surface area contributed by atoms with Crippen molar-refractivity contribution in [1.82, 2.24) is 30.3 Å². The van der Waals surface area contributed by atoms with Gasteiger partial charge < -0.3 is 14.6 Å². The molecule has 1 atom stereocenters. The SMILES string of the molecule is O=C(NCc1nnc(SC[C@H]2CCCO2)n1Cc1ccccc1)c1cc(-c2ccccc2)n[nH]1. The van der Waals surface area contributed by atoms with Gasteiger partial charge in [0.05, 0.1) is 24.9 Å². The first-order chi connectivity index (χ1) is 16.8. The molecule has 2 aromatic carbocycles. The molecule has 4 aromatic rings. The van der Waals surface area contributed by atoms with Crippen molar-refractivity contribution in [2.24, 2.45) is 0 Å². The predicted molar refractivity (Wildman–Crippen MR) is 130 cm³/mol. The summed E-state index contributed by atoms with van der Waals surface area (Å²) in [6.07, 6.45) is 2.45. The third-order valence-corrected chi connectivity index (χ3v) is 6.80. The lowest BCUT2D eigenvalue weighted by atomic mass is 10.1. The number of aromatic amines is 1. The third-order valence-electron chi connectivity index (χ3n) is 5.70. The zero-order valence-electron chi connectivity index (χ0n) is 18.7. The number of benzene rings is 2. The van der Waals surface area contributed by atoms with Gasteiger partial charge in [-0.3, -0.25) is 9.89 Å². The second-order valence-electron chi connectivity index (χ2n) is 8.13. The molecule has 0 radical (unpaired) electrons. The molecule has 0 aliphatic carbocycles. The average Bonchev–Trinajstić information content (AvgIpc) is 3.64. The minimum absolute atomic E-state index is 0.238. The highest BCUT2D eigenvalue weighted by atomic mass is 32.2. The number of ether oxygens (including phenoxy) is 1. The van der Waals surface area contributed by atoms with Crippen molar-refractivity contribution in [3.05, 3.63) is 83.8 Å². The van der Waals surface area contributed by atoms with E-state index in [0.29, 0.717) is 18.1 Å². The molecule has 0 saturated carbocycles. The number of nitrogens with one attached hydrogen (secondary N) is 2. The van der Waals surface area contributed by atoms with Gasteiger partial charge in [-0.25, -0.2) is 0 Å². The summed E-state index contributed by atoms with van der Waals surface area (Å²) < 4.78 is 7.82. The van der Waals surface area contributed by atoms with Gasteiger partial charge in [-0.2, -0.15) is 5.10 Å². The van der Waals surface area contributed by atoms with Gasteiger partial charge in [-0.1, -0.05) is 72.4 Å². The van der Waals surface area contributed by atoms with E-state index >= 15 is 0 Å². The normalized spacial score (nSPS) is 15.5. The van der Waals surface area contributed by atoms with Gasteiger partial charge in [-0.15, -0.1) is 10.2 Å². The van der Waals surface area contributed by atoms with Crippen molar-refractivity contribution >= 4 is 17.7 Å². The van der Waals surface area contributed by atoms with Crippen LogP contribution in [0.2, 0.25) is 0 Å². The maximum atomic E-state index is 12.8. The molecule has 1 amide bonds. The van der Waals surface area contributed by atoms with Crippen LogP contribution in [0.3, 0.4) is 0 Å². The minimum Gasteiger partial charge on any atom is -0.377 e. The van der Waals surface area contributed by atoms with Crippen molar-refractivity contribution in [2.75, 3.05) is 12.4 Å². The van der Waals surface area contributed by atoms with E-state index in [2.05, 4.69) is 42.4 Å². The molecule has 2 aromatic heterocycles. The summed E-state index contributed by atoms with van der Waals surface area (Å²) in [6, 6.07) is 21.7. The predicted octanol–water partition coefficient (Wildman–Crippen LogP) is 3.92. The van der Waals surface area contributed by atoms with Crippen LogP contribution in [0.4, 0.5) is 0 Å². The van der Waals surface area contributed by atoms with Crippen LogP contribution in [-0.2, 0) is 17.8 Å². The first-order valence-electron chi connectivity index (χ1n) is 11.4. The largest absolute Gasteiger partial charge is 0.377 e. The standard InChI is InChI=1S/C25H26N6O2S/c32-24(22-14-21(27-28-22)19-10-5-2-6-11-19)26-15-23-29-30-25(34-17-20-12-7-13-33-20)31(23)16-18-8-3-1-4-9-18/h1-6,8-11,14,20H,7,12-13,15-17H2,(H,26,32)(H,27,28)/t20-/m1/s1. The summed E-state index contributed by atoms with van der Waals surface area (Å²) in [4.78, 5) is 12.8. The number of hydrogen-bond acceptors (Lipinski definition) is 6. The summed E-state index contributed by atoms with van der Waals surface area (Å²) in [5, 5.41) is 19.7. The van der Waals surface area contributed by atoms with E-state index in [1.807, 2.05) is 48.5 Å². The van der Waals surface area contributed by atoms with Gasteiger partial charge in [0, 0.05) is 17.9 Å². The highest BCUT2D eigenvalue weighted by Gasteiger charge is 2.20. The second kappa shape index (κ2) is 10.7. The van der Waals surface area contributed by atoms with Gasteiger partial charge in [-0.05, 0) is 24.5 Å². The molecular formula is C25H26N6O2S. The van der Waals surface area contributed by atoms with E-state index in [1.54, 1.807) is 17.8 Å². The Morgan fingerprint density at radius 2 is 1.91 bits per heavy atom. The molecule has 0 bridgehead atoms. The van der Waals surface area contributed by atoms with E-state index in [9.17, 15) is 4.79 Å². The highest BCUT2D eigenvalue weighted by molar-refractivity contribution is 7.99. The fourth-order valence-corrected chi connectivity index (χ4v) is 4.90. The Morgan fingerprint density at radius 3 is 2.68 bits per heavy atom. The summed E-state index contributed by atoms with van der Waals surface area (Å²) in [5.74, 6) is 1.31. The van der Waals surface area contributed by atoms with Crippen LogP contribution in [0, 0.1) is 0 Å². The first kappa shape index (κ1) is 22.4. The van der Waals surface area contributed by atoms with E-state index < -0.39 is 0 Å². The van der Waals surface area contributed by atoms with Crippen molar-refractivity contribution < 1.29 is 9.53 Å². The number of thioether (sulfide) groups is 1. The number of amides is 1. The molecule has 1 saturated heterocycles. The Bertz CT molecular complexity index is 1220. The maximum absolute atomic E-state index is 12.8. The molecule has 0 unspecified atom stereocenters. The molecular weight excluding hydrogens is 448 g/mol. The Kier molecular flexibility index (Phi) is 7.02. The fraction of sp³-hybridized carbons (Fsp3) is 0.280.